The van der Waals surface area contributed by atoms with Crippen LogP contribution in [0.4, 0.5) is 4.39 Å². The van der Waals surface area contributed by atoms with Gasteiger partial charge in [-0.1, -0.05) is 11.6 Å². The summed E-state index contributed by atoms with van der Waals surface area (Å²) in [6, 6.07) is 4.36. The van der Waals surface area contributed by atoms with Gasteiger partial charge < -0.3 is 5.11 Å². The highest BCUT2D eigenvalue weighted by Crippen LogP contribution is 2.32. The summed E-state index contributed by atoms with van der Waals surface area (Å²) >= 11 is 5.98. The van der Waals surface area contributed by atoms with E-state index in [-0.39, 0.29) is 5.75 Å². The van der Waals surface area contributed by atoms with E-state index in [1.165, 1.54) is 18.3 Å². The second-order valence-electron chi connectivity index (χ2n) is 3.47. The number of nitrogens with zero attached hydrogens (tertiary/aromatic N) is 1. The Bertz CT molecular complexity index is 543. The van der Waals surface area contributed by atoms with Gasteiger partial charge in [-0.15, -0.1) is 0 Å². The number of phenols is 1. The zero-order valence-corrected chi connectivity index (χ0v) is 9.29. The molecular weight excluding hydrogens is 229 g/mol. The Morgan fingerprint density at radius 2 is 2.06 bits per heavy atom. The van der Waals surface area contributed by atoms with Crippen LogP contribution in [-0.4, -0.2) is 10.1 Å². The molecule has 1 aromatic heterocycles. The van der Waals surface area contributed by atoms with Crippen LogP contribution >= 0.6 is 11.6 Å². The minimum atomic E-state index is -0.659. The van der Waals surface area contributed by atoms with E-state index in [2.05, 4.69) is 4.98 Å². The summed E-state index contributed by atoms with van der Waals surface area (Å²) in [4.78, 5) is 3.86. The summed E-state index contributed by atoms with van der Waals surface area (Å²) in [6.45, 7) is 1.78. The molecule has 1 aromatic carbocycles. The van der Waals surface area contributed by atoms with Crippen molar-refractivity contribution < 1.29 is 9.50 Å². The summed E-state index contributed by atoms with van der Waals surface area (Å²) in [5, 5.41) is 9.67. The number of pyridine rings is 1. The molecule has 0 saturated carbocycles. The molecule has 82 valence electrons. The predicted molar refractivity (Wildman–Crippen MR) is 61.0 cm³/mol. The molecule has 0 atom stereocenters. The van der Waals surface area contributed by atoms with Gasteiger partial charge in [0.1, 0.15) is 0 Å². The molecule has 16 heavy (non-hydrogen) atoms. The zero-order chi connectivity index (χ0) is 11.7. The molecule has 0 spiro atoms. The minimum Gasteiger partial charge on any atom is -0.505 e. The molecule has 0 aliphatic heterocycles. The highest BCUT2D eigenvalue weighted by molar-refractivity contribution is 6.33. The first kappa shape index (κ1) is 10.9. The van der Waals surface area contributed by atoms with Crippen molar-refractivity contribution in [2.45, 2.75) is 6.92 Å². The van der Waals surface area contributed by atoms with E-state index < -0.39 is 5.82 Å². The van der Waals surface area contributed by atoms with Crippen LogP contribution in [0.1, 0.15) is 5.56 Å². The zero-order valence-electron chi connectivity index (χ0n) is 8.54. The van der Waals surface area contributed by atoms with Gasteiger partial charge in [-0.3, -0.25) is 4.98 Å². The molecule has 4 heteroatoms. The Balaban J connectivity index is 2.65. The number of aromatic nitrogens is 1. The average molecular weight is 238 g/mol. The van der Waals surface area contributed by atoms with E-state index in [4.69, 9.17) is 11.6 Å². The summed E-state index contributed by atoms with van der Waals surface area (Å²) in [7, 11) is 0. The van der Waals surface area contributed by atoms with Crippen LogP contribution in [-0.2, 0) is 0 Å². The standard InChI is InChI=1S/C12H9ClFNO/c1-7-4-12(16)11(14)5-9(7)8-2-3-15-6-10(8)13/h2-6,16H,1H3. The molecule has 0 aliphatic rings. The lowest BCUT2D eigenvalue weighted by Crippen LogP contribution is -1.88. The Hall–Kier alpha value is -1.61. The van der Waals surface area contributed by atoms with Crippen molar-refractivity contribution >= 4 is 11.6 Å². The third-order valence-corrected chi connectivity index (χ3v) is 2.66. The number of phenolic OH excluding ortho intramolecular Hbond substituents is 1. The molecule has 0 bridgehead atoms. The fourth-order valence-electron chi connectivity index (χ4n) is 1.55. The lowest BCUT2D eigenvalue weighted by atomic mass is 10.0. The van der Waals surface area contributed by atoms with E-state index in [1.807, 2.05) is 0 Å². The molecule has 0 aliphatic carbocycles. The molecular formula is C12H9ClFNO. The average Bonchev–Trinajstić information content (AvgIpc) is 2.25. The molecule has 0 fully saturated rings. The molecule has 0 amide bonds. The van der Waals surface area contributed by atoms with Gasteiger partial charge in [-0.05, 0) is 36.2 Å². The van der Waals surface area contributed by atoms with Gasteiger partial charge in [0.2, 0.25) is 0 Å². The van der Waals surface area contributed by atoms with Crippen LogP contribution in [0.5, 0.6) is 5.75 Å². The van der Waals surface area contributed by atoms with Crippen LogP contribution in [0.2, 0.25) is 5.02 Å². The molecule has 1 heterocycles. The fourth-order valence-corrected chi connectivity index (χ4v) is 1.77. The van der Waals surface area contributed by atoms with Gasteiger partial charge in [0.05, 0.1) is 5.02 Å². The van der Waals surface area contributed by atoms with Crippen molar-refractivity contribution in [2.24, 2.45) is 0 Å². The van der Waals surface area contributed by atoms with Gasteiger partial charge in [0.15, 0.2) is 11.6 Å². The molecule has 0 saturated heterocycles. The maximum atomic E-state index is 13.3. The Kier molecular flexibility index (Phi) is 2.79. The SMILES string of the molecule is Cc1cc(O)c(F)cc1-c1ccncc1Cl. The molecule has 2 nitrogen and oxygen atoms in total. The number of benzene rings is 1. The number of halogens is 2. The second-order valence-corrected chi connectivity index (χ2v) is 3.88. The van der Waals surface area contributed by atoms with E-state index in [0.717, 1.165) is 5.56 Å². The Morgan fingerprint density at radius 1 is 1.31 bits per heavy atom. The van der Waals surface area contributed by atoms with Gasteiger partial charge in [-0.2, -0.15) is 0 Å². The normalized spacial score (nSPS) is 10.4. The summed E-state index contributed by atoms with van der Waals surface area (Å²) < 4.78 is 13.3. The smallest absolute Gasteiger partial charge is 0.165 e. The number of aromatic hydroxyl groups is 1. The number of rotatable bonds is 1. The second kappa shape index (κ2) is 4.10. The quantitative estimate of drug-likeness (QED) is 0.823. The molecule has 1 N–H and O–H groups in total. The first-order valence-corrected chi connectivity index (χ1v) is 5.06. The van der Waals surface area contributed by atoms with E-state index in [1.54, 1.807) is 19.2 Å². The van der Waals surface area contributed by atoms with Crippen LogP contribution in [0, 0.1) is 12.7 Å². The molecule has 0 radical (unpaired) electrons. The van der Waals surface area contributed by atoms with E-state index >= 15 is 0 Å². The highest BCUT2D eigenvalue weighted by atomic mass is 35.5. The first-order chi connectivity index (χ1) is 7.59. The van der Waals surface area contributed by atoms with Crippen molar-refractivity contribution in [3.05, 3.63) is 47.0 Å². The van der Waals surface area contributed by atoms with Crippen LogP contribution in [0.3, 0.4) is 0 Å². The third-order valence-electron chi connectivity index (χ3n) is 2.36. The third kappa shape index (κ3) is 1.86. The lowest BCUT2D eigenvalue weighted by Gasteiger charge is -2.08. The van der Waals surface area contributed by atoms with Gasteiger partial charge in [-0.25, -0.2) is 4.39 Å². The minimum absolute atomic E-state index is 0.355. The Labute approximate surface area is 97.3 Å². The lowest BCUT2D eigenvalue weighted by molar-refractivity contribution is 0.432. The van der Waals surface area contributed by atoms with Crippen LogP contribution < -0.4 is 0 Å². The maximum absolute atomic E-state index is 13.3. The molecule has 0 unspecified atom stereocenters. The summed E-state index contributed by atoms with van der Waals surface area (Å²) in [6.07, 6.45) is 3.09. The maximum Gasteiger partial charge on any atom is 0.165 e. The monoisotopic (exact) mass is 237 g/mol. The van der Waals surface area contributed by atoms with Crippen molar-refractivity contribution in [2.75, 3.05) is 0 Å². The molecule has 2 aromatic rings. The Morgan fingerprint density at radius 3 is 2.75 bits per heavy atom. The summed E-state index contributed by atoms with van der Waals surface area (Å²) in [5.41, 5.74) is 2.11. The van der Waals surface area contributed by atoms with Crippen molar-refractivity contribution in [3.8, 4) is 16.9 Å². The fraction of sp³-hybridized carbons (Fsp3) is 0.0833. The highest BCUT2D eigenvalue weighted by Gasteiger charge is 2.10. The van der Waals surface area contributed by atoms with E-state index in [0.29, 0.717) is 16.1 Å². The predicted octanol–water partition coefficient (Wildman–Crippen LogP) is 3.56. The number of hydrogen-bond acceptors (Lipinski definition) is 2. The van der Waals surface area contributed by atoms with Gasteiger partial charge in [0, 0.05) is 18.0 Å². The summed E-state index contributed by atoms with van der Waals surface area (Å²) in [5.74, 6) is -1.01. The van der Waals surface area contributed by atoms with Crippen LogP contribution in [0.25, 0.3) is 11.1 Å². The first-order valence-electron chi connectivity index (χ1n) is 4.68. The van der Waals surface area contributed by atoms with Crippen LogP contribution in [0.15, 0.2) is 30.6 Å². The number of aryl methyl sites for hydroxylation is 1. The number of hydrogen-bond donors (Lipinski definition) is 1. The van der Waals surface area contributed by atoms with Crippen molar-refractivity contribution in [1.82, 2.24) is 4.98 Å². The van der Waals surface area contributed by atoms with Crippen molar-refractivity contribution in [1.29, 1.82) is 0 Å². The van der Waals surface area contributed by atoms with Crippen molar-refractivity contribution in [3.63, 3.8) is 0 Å². The largest absolute Gasteiger partial charge is 0.505 e. The van der Waals surface area contributed by atoms with Gasteiger partial charge >= 0.3 is 0 Å². The molecule has 2 rings (SSSR count). The van der Waals surface area contributed by atoms with Gasteiger partial charge in [0.25, 0.3) is 0 Å². The topological polar surface area (TPSA) is 33.1 Å². The van der Waals surface area contributed by atoms with E-state index in [9.17, 15) is 9.50 Å².